The van der Waals surface area contributed by atoms with E-state index in [1.807, 2.05) is 30.3 Å². The summed E-state index contributed by atoms with van der Waals surface area (Å²) in [6, 6.07) is 9.30. The molecule has 0 aliphatic rings. The van der Waals surface area contributed by atoms with Crippen LogP contribution in [0.3, 0.4) is 0 Å². The van der Waals surface area contributed by atoms with E-state index in [0.717, 1.165) is 29.5 Å². The summed E-state index contributed by atoms with van der Waals surface area (Å²) in [6.45, 7) is 2.93. The summed E-state index contributed by atoms with van der Waals surface area (Å²) in [5.41, 5.74) is 1.68. The third kappa shape index (κ3) is 4.53. The molecule has 160 valence electrons. The minimum Gasteiger partial charge on any atom is -0.497 e. The Labute approximate surface area is 183 Å². The van der Waals surface area contributed by atoms with E-state index >= 15 is 0 Å². The van der Waals surface area contributed by atoms with Gasteiger partial charge in [0.15, 0.2) is 11.0 Å². The highest BCUT2D eigenvalue weighted by Gasteiger charge is 2.18. The molecule has 3 heterocycles. The standard InChI is InChI=1S/C21H22N6O3S/c1-4-11-27-20(14-7-9-22-10-8-14)24-25-21(27)31-13-18-23-19(26-30-18)16-12-15(28-2)5-6-17(16)29-3/h5-10,12H,4,11,13H2,1-3H3. The van der Waals surface area contributed by atoms with Gasteiger partial charge in [-0.05, 0) is 36.8 Å². The summed E-state index contributed by atoms with van der Waals surface area (Å²) < 4.78 is 18.3. The van der Waals surface area contributed by atoms with Gasteiger partial charge in [-0.2, -0.15) is 4.98 Å². The molecule has 0 fully saturated rings. The highest BCUT2D eigenvalue weighted by Crippen LogP contribution is 2.32. The number of hydrogen-bond donors (Lipinski definition) is 0. The Hall–Kier alpha value is -3.40. The predicted octanol–water partition coefficient (Wildman–Crippen LogP) is 4.11. The molecule has 0 saturated carbocycles. The molecule has 0 spiro atoms. The molecule has 0 aliphatic heterocycles. The summed E-state index contributed by atoms with van der Waals surface area (Å²) in [5.74, 6) is 3.55. The van der Waals surface area contributed by atoms with Gasteiger partial charge in [-0.3, -0.25) is 4.98 Å². The molecular weight excluding hydrogens is 416 g/mol. The zero-order valence-corrected chi connectivity index (χ0v) is 18.3. The average molecular weight is 439 g/mol. The topological polar surface area (TPSA) is 101 Å². The van der Waals surface area contributed by atoms with Gasteiger partial charge in [0.1, 0.15) is 11.5 Å². The van der Waals surface area contributed by atoms with Crippen molar-refractivity contribution in [2.45, 2.75) is 30.8 Å². The van der Waals surface area contributed by atoms with E-state index in [0.29, 0.717) is 34.5 Å². The third-order valence-corrected chi connectivity index (χ3v) is 5.49. The maximum atomic E-state index is 5.46. The Morgan fingerprint density at radius 1 is 1.06 bits per heavy atom. The van der Waals surface area contributed by atoms with Crippen molar-refractivity contribution in [1.82, 2.24) is 29.9 Å². The Bertz CT molecular complexity index is 1150. The maximum Gasteiger partial charge on any atom is 0.237 e. The smallest absolute Gasteiger partial charge is 0.237 e. The quantitative estimate of drug-likeness (QED) is 0.357. The van der Waals surface area contributed by atoms with Crippen molar-refractivity contribution in [3.63, 3.8) is 0 Å². The number of rotatable bonds is 9. The van der Waals surface area contributed by atoms with E-state index in [4.69, 9.17) is 14.0 Å². The lowest BCUT2D eigenvalue weighted by Gasteiger charge is -2.08. The molecular formula is C21H22N6O3S. The van der Waals surface area contributed by atoms with Gasteiger partial charge in [0.25, 0.3) is 0 Å². The van der Waals surface area contributed by atoms with Crippen LogP contribution < -0.4 is 9.47 Å². The van der Waals surface area contributed by atoms with Gasteiger partial charge in [-0.1, -0.05) is 23.8 Å². The zero-order chi connectivity index (χ0) is 21.6. The van der Waals surface area contributed by atoms with Crippen LogP contribution >= 0.6 is 11.8 Å². The Morgan fingerprint density at radius 2 is 1.90 bits per heavy atom. The second-order valence-corrected chi connectivity index (χ2v) is 7.50. The normalized spacial score (nSPS) is 10.9. The van der Waals surface area contributed by atoms with E-state index < -0.39 is 0 Å². The molecule has 9 nitrogen and oxygen atoms in total. The van der Waals surface area contributed by atoms with Crippen LogP contribution in [0.5, 0.6) is 11.5 Å². The first-order valence-electron chi connectivity index (χ1n) is 9.74. The second-order valence-electron chi connectivity index (χ2n) is 6.56. The van der Waals surface area contributed by atoms with Crippen molar-refractivity contribution in [3.8, 4) is 34.3 Å². The summed E-state index contributed by atoms with van der Waals surface area (Å²) in [7, 11) is 3.21. The van der Waals surface area contributed by atoms with Crippen molar-refractivity contribution in [3.05, 3.63) is 48.6 Å². The average Bonchev–Trinajstić information content (AvgIpc) is 3.45. The van der Waals surface area contributed by atoms with E-state index in [1.165, 1.54) is 11.8 Å². The van der Waals surface area contributed by atoms with Gasteiger partial charge in [-0.25, -0.2) is 0 Å². The molecule has 0 N–H and O–H groups in total. The first-order chi connectivity index (χ1) is 15.2. The number of pyridine rings is 1. The number of ether oxygens (including phenoxy) is 2. The van der Waals surface area contributed by atoms with Gasteiger partial charge < -0.3 is 18.6 Å². The molecule has 0 bridgehead atoms. The monoisotopic (exact) mass is 438 g/mol. The minimum absolute atomic E-state index is 0.443. The van der Waals surface area contributed by atoms with Gasteiger partial charge >= 0.3 is 0 Å². The lowest BCUT2D eigenvalue weighted by atomic mass is 10.2. The van der Waals surface area contributed by atoms with Gasteiger partial charge in [0, 0.05) is 24.5 Å². The van der Waals surface area contributed by atoms with E-state index in [9.17, 15) is 0 Å². The van der Waals surface area contributed by atoms with Crippen molar-refractivity contribution in [2.75, 3.05) is 14.2 Å². The molecule has 1 aromatic carbocycles. The van der Waals surface area contributed by atoms with Crippen LogP contribution in [0.4, 0.5) is 0 Å². The summed E-state index contributed by atoms with van der Waals surface area (Å²) in [5, 5.41) is 13.7. The molecule has 0 unspecified atom stereocenters. The van der Waals surface area contributed by atoms with E-state index in [-0.39, 0.29) is 0 Å². The number of thioether (sulfide) groups is 1. The van der Waals surface area contributed by atoms with Crippen molar-refractivity contribution in [2.24, 2.45) is 0 Å². The number of nitrogens with zero attached hydrogens (tertiary/aromatic N) is 6. The summed E-state index contributed by atoms with van der Waals surface area (Å²) >= 11 is 1.50. The van der Waals surface area contributed by atoms with Crippen LogP contribution in [0.15, 0.2) is 52.4 Å². The molecule has 3 aromatic heterocycles. The minimum atomic E-state index is 0.443. The van der Waals surface area contributed by atoms with Crippen LogP contribution in [-0.2, 0) is 12.3 Å². The Morgan fingerprint density at radius 3 is 2.65 bits per heavy atom. The fraction of sp³-hybridized carbons (Fsp3) is 0.286. The zero-order valence-electron chi connectivity index (χ0n) is 17.5. The second kappa shape index (κ2) is 9.61. The Balaban J connectivity index is 1.54. The third-order valence-electron chi connectivity index (χ3n) is 4.54. The highest BCUT2D eigenvalue weighted by atomic mass is 32.2. The van der Waals surface area contributed by atoms with E-state index in [2.05, 4.69) is 36.8 Å². The number of methoxy groups -OCH3 is 2. The SMILES string of the molecule is CCCn1c(SCc2nc(-c3cc(OC)ccc3OC)no2)nnc1-c1ccncc1. The van der Waals surface area contributed by atoms with Crippen LogP contribution in [0.2, 0.25) is 0 Å². The fourth-order valence-corrected chi connectivity index (χ4v) is 3.88. The van der Waals surface area contributed by atoms with Crippen LogP contribution in [0.25, 0.3) is 22.8 Å². The fourth-order valence-electron chi connectivity index (χ4n) is 3.07. The molecule has 4 rings (SSSR count). The lowest BCUT2D eigenvalue weighted by Crippen LogP contribution is -2.02. The maximum absolute atomic E-state index is 5.46. The van der Waals surface area contributed by atoms with Crippen molar-refractivity contribution in [1.29, 1.82) is 0 Å². The summed E-state index contributed by atoms with van der Waals surface area (Å²) in [6.07, 6.45) is 4.46. The predicted molar refractivity (Wildman–Crippen MR) is 116 cm³/mol. The van der Waals surface area contributed by atoms with Gasteiger partial charge in [0.05, 0.1) is 25.5 Å². The number of hydrogen-bond acceptors (Lipinski definition) is 9. The van der Waals surface area contributed by atoms with Gasteiger partial charge in [-0.15, -0.1) is 10.2 Å². The Kier molecular flexibility index (Phi) is 6.46. The van der Waals surface area contributed by atoms with Crippen LogP contribution in [0.1, 0.15) is 19.2 Å². The summed E-state index contributed by atoms with van der Waals surface area (Å²) in [4.78, 5) is 8.59. The molecule has 0 aliphatic carbocycles. The molecule has 0 saturated heterocycles. The van der Waals surface area contributed by atoms with Crippen LogP contribution in [-0.4, -0.2) is 44.1 Å². The molecule has 0 amide bonds. The number of benzene rings is 1. The van der Waals surface area contributed by atoms with Gasteiger partial charge in [0.2, 0.25) is 11.7 Å². The first kappa shape index (κ1) is 20.9. The molecule has 4 aromatic rings. The molecule has 31 heavy (non-hydrogen) atoms. The largest absolute Gasteiger partial charge is 0.497 e. The molecule has 0 radical (unpaired) electrons. The lowest BCUT2D eigenvalue weighted by molar-refractivity contribution is 0.389. The number of aromatic nitrogens is 6. The van der Waals surface area contributed by atoms with Crippen molar-refractivity contribution >= 4 is 11.8 Å². The highest BCUT2D eigenvalue weighted by molar-refractivity contribution is 7.98. The van der Waals surface area contributed by atoms with Crippen LogP contribution in [0, 0.1) is 0 Å². The molecule has 0 atom stereocenters. The molecule has 10 heteroatoms. The first-order valence-corrected chi connectivity index (χ1v) is 10.7. The van der Waals surface area contributed by atoms with E-state index in [1.54, 1.807) is 26.6 Å². The van der Waals surface area contributed by atoms with Crippen molar-refractivity contribution < 1.29 is 14.0 Å².